The van der Waals surface area contributed by atoms with E-state index in [0.717, 1.165) is 16.2 Å². The number of aliphatic hydroxyl groups excluding tert-OH is 1. The monoisotopic (exact) mass is 280 g/mol. The number of hydrogen-bond donors (Lipinski definition) is 1. The van der Waals surface area contributed by atoms with E-state index < -0.39 is 6.10 Å². The minimum Gasteiger partial charge on any atom is -0.488 e. The number of nitrogens with zero attached hydrogens (tertiary/aromatic N) is 2. The average Bonchev–Trinajstić information content (AvgIpc) is 2.70. The zero-order valence-electron chi connectivity index (χ0n) is 11.8. The van der Waals surface area contributed by atoms with Crippen molar-refractivity contribution in [1.82, 2.24) is 9.61 Å². The van der Waals surface area contributed by atoms with Crippen molar-refractivity contribution in [3.05, 3.63) is 24.5 Å². The summed E-state index contributed by atoms with van der Waals surface area (Å²) >= 11 is 1.75. The lowest BCUT2D eigenvalue weighted by atomic mass is 10.3. The molecule has 0 spiro atoms. The summed E-state index contributed by atoms with van der Waals surface area (Å²) in [5.74, 6) is 0.761. The van der Waals surface area contributed by atoms with Gasteiger partial charge >= 0.3 is 0 Å². The van der Waals surface area contributed by atoms with Crippen LogP contribution in [0.5, 0.6) is 5.75 Å². The molecule has 0 saturated carbocycles. The van der Waals surface area contributed by atoms with Gasteiger partial charge in [-0.05, 0) is 19.1 Å². The summed E-state index contributed by atoms with van der Waals surface area (Å²) in [5.41, 5.74) is 1.04. The predicted octanol–water partition coefficient (Wildman–Crippen LogP) is 2.98. The van der Waals surface area contributed by atoms with E-state index in [0.29, 0.717) is 0 Å². The molecule has 0 fully saturated rings. The van der Waals surface area contributed by atoms with E-state index in [-0.39, 0.29) is 11.4 Å². The molecular weight excluding hydrogens is 260 g/mol. The molecule has 0 radical (unpaired) electrons. The molecule has 0 aliphatic rings. The van der Waals surface area contributed by atoms with Crippen LogP contribution in [0.2, 0.25) is 0 Å². The van der Waals surface area contributed by atoms with Gasteiger partial charge in [-0.15, -0.1) is 11.8 Å². The summed E-state index contributed by atoms with van der Waals surface area (Å²) in [4.78, 5) is 1.07. The number of ether oxygens (including phenoxy) is 1. The fourth-order valence-corrected chi connectivity index (χ4v) is 2.71. The first-order valence-corrected chi connectivity index (χ1v) is 7.14. The number of rotatable bonds is 4. The average molecular weight is 280 g/mol. The number of aliphatic hydroxyl groups is 1. The minimum absolute atomic E-state index is 0.0985. The molecule has 0 saturated heterocycles. The van der Waals surface area contributed by atoms with Crippen LogP contribution in [0.1, 0.15) is 27.7 Å². The Morgan fingerprint density at radius 3 is 2.84 bits per heavy atom. The van der Waals surface area contributed by atoms with Crippen LogP contribution in [-0.2, 0) is 0 Å². The van der Waals surface area contributed by atoms with E-state index in [1.165, 1.54) is 0 Å². The van der Waals surface area contributed by atoms with Crippen LogP contribution in [0.25, 0.3) is 5.52 Å². The van der Waals surface area contributed by atoms with Gasteiger partial charge in [-0.2, -0.15) is 5.10 Å². The lowest BCUT2D eigenvalue weighted by Crippen LogP contribution is -2.14. The summed E-state index contributed by atoms with van der Waals surface area (Å²) in [5, 5.41) is 13.6. The van der Waals surface area contributed by atoms with Crippen molar-refractivity contribution in [3.63, 3.8) is 0 Å². The highest BCUT2D eigenvalue weighted by Gasteiger charge is 2.17. The Bertz CT molecular complexity index is 558. The van der Waals surface area contributed by atoms with Crippen LogP contribution in [0, 0.1) is 0 Å². The molecule has 1 atom stereocenters. The van der Waals surface area contributed by atoms with Gasteiger partial charge in [0.1, 0.15) is 6.61 Å². The zero-order valence-corrected chi connectivity index (χ0v) is 12.6. The first kappa shape index (κ1) is 14.2. The van der Waals surface area contributed by atoms with Crippen molar-refractivity contribution < 1.29 is 9.84 Å². The molecule has 4 nitrogen and oxygen atoms in total. The summed E-state index contributed by atoms with van der Waals surface area (Å²) in [6.07, 6.45) is 3.14. The van der Waals surface area contributed by atoms with E-state index in [2.05, 4.69) is 31.9 Å². The number of pyridine rings is 1. The molecular formula is C14H20N2O2S. The maximum Gasteiger partial charge on any atom is 0.151 e. The van der Waals surface area contributed by atoms with Crippen molar-refractivity contribution in [2.45, 2.75) is 43.4 Å². The fourth-order valence-electron chi connectivity index (χ4n) is 1.66. The van der Waals surface area contributed by atoms with Crippen molar-refractivity contribution in [3.8, 4) is 5.75 Å². The predicted molar refractivity (Wildman–Crippen MR) is 78.0 cm³/mol. The molecule has 104 valence electrons. The Kier molecular flexibility index (Phi) is 4.06. The molecule has 19 heavy (non-hydrogen) atoms. The van der Waals surface area contributed by atoms with Crippen molar-refractivity contribution in [2.24, 2.45) is 0 Å². The van der Waals surface area contributed by atoms with E-state index in [4.69, 9.17) is 4.74 Å². The highest BCUT2D eigenvalue weighted by molar-refractivity contribution is 8.00. The Labute approximate surface area is 117 Å². The normalized spacial score (nSPS) is 13.7. The lowest BCUT2D eigenvalue weighted by molar-refractivity contribution is 0.120. The highest BCUT2D eigenvalue weighted by atomic mass is 32.2. The van der Waals surface area contributed by atoms with Gasteiger partial charge in [0.15, 0.2) is 5.75 Å². The van der Waals surface area contributed by atoms with Gasteiger partial charge in [0.25, 0.3) is 0 Å². The third-order valence-corrected chi connectivity index (χ3v) is 3.51. The molecule has 0 aromatic carbocycles. The quantitative estimate of drug-likeness (QED) is 0.875. The second-order valence-electron chi connectivity index (χ2n) is 5.58. The zero-order chi connectivity index (χ0) is 14.0. The largest absolute Gasteiger partial charge is 0.488 e. The van der Waals surface area contributed by atoms with Gasteiger partial charge in [-0.1, -0.05) is 20.8 Å². The Balaban J connectivity index is 2.35. The van der Waals surface area contributed by atoms with Crippen LogP contribution in [0.4, 0.5) is 0 Å². The minimum atomic E-state index is -0.485. The molecule has 5 heteroatoms. The summed E-state index contributed by atoms with van der Waals surface area (Å²) in [6.45, 7) is 8.48. The first-order valence-electron chi connectivity index (χ1n) is 6.32. The van der Waals surface area contributed by atoms with Gasteiger partial charge in [0, 0.05) is 10.9 Å². The van der Waals surface area contributed by atoms with E-state index in [1.54, 1.807) is 29.4 Å². The second kappa shape index (κ2) is 5.43. The second-order valence-corrected chi connectivity index (χ2v) is 7.45. The molecule has 2 aromatic heterocycles. The third kappa shape index (κ3) is 3.88. The van der Waals surface area contributed by atoms with E-state index in [1.807, 2.05) is 12.3 Å². The smallest absolute Gasteiger partial charge is 0.151 e. The topological polar surface area (TPSA) is 46.8 Å². The fraction of sp³-hybridized carbons (Fsp3) is 0.500. The number of fused-ring (bicyclic) bond motifs is 1. The molecule has 0 aliphatic heterocycles. The van der Waals surface area contributed by atoms with E-state index in [9.17, 15) is 5.11 Å². The van der Waals surface area contributed by atoms with Crippen LogP contribution in [0.15, 0.2) is 29.4 Å². The Hall–Kier alpha value is -1.20. The van der Waals surface area contributed by atoms with E-state index >= 15 is 0 Å². The van der Waals surface area contributed by atoms with Gasteiger partial charge in [-0.25, -0.2) is 4.52 Å². The maximum atomic E-state index is 9.36. The van der Waals surface area contributed by atoms with Crippen LogP contribution >= 0.6 is 11.8 Å². The van der Waals surface area contributed by atoms with Crippen LogP contribution in [0.3, 0.4) is 0 Å². The molecule has 1 N–H and O–H groups in total. The van der Waals surface area contributed by atoms with Crippen molar-refractivity contribution in [1.29, 1.82) is 0 Å². The summed E-state index contributed by atoms with van der Waals surface area (Å²) in [7, 11) is 0. The lowest BCUT2D eigenvalue weighted by Gasteiger charge is -2.20. The summed E-state index contributed by atoms with van der Waals surface area (Å²) in [6, 6.07) is 4.03. The van der Waals surface area contributed by atoms with Gasteiger partial charge in [0.05, 0.1) is 22.7 Å². The maximum absolute atomic E-state index is 9.36. The van der Waals surface area contributed by atoms with Gasteiger partial charge < -0.3 is 9.84 Å². The molecule has 0 bridgehead atoms. The van der Waals surface area contributed by atoms with Crippen LogP contribution < -0.4 is 4.74 Å². The molecule has 2 heterocycles. The summed E-state index contributed by atoms with van der Waals surface area (Å²) < 4.78 is 7.57. The number of aromatic nitrogens is 2. The highest BCUT2D eigenvalue weighted by Crippen LogP contribution is 2.38. The third-order valence-electron chi connectivity index (χ3n) is 2.36. The molecule has 0 aliphatic carbocycles. The molecule has 2 rings (SSSR count). The van der Waals surface area contributed by atoms with Crippen molar-refractivity contribution in [2.75, 3.05) is 6.61 Å². The van der Waals surface area contributed by atoms with Gasteiger partial charge in [-0.3, -0.25) is 0 Å². The Morgan fingerprint density at radius 2 is 2.21 bits per heavy atom. The molecule has 0 amide bonds. The van der Waals surface area contributed by atoms with Crippen molar-refractivity contribution >= 4 is 17.3 Å². The molecule has 2 aromatic rings. The number of thioether (sulfide) groups is 1. The van der Waals surface area contributed by atoms with Crippen LogP contribution in [-0.4, -0.2) is 32.2 Å². The molecule has 0 unspecified atom stereocenters. The Morgan fingerprint density at radius 1 is 1.47 bits per heavy atom. The SMILES string of the molecule is C[C@H](O)COc1cn2nccc2cc1SC(C)(C)C. The first-order chi connectivity index (χ1) is 8.85. The number of hydrogen-bond acceptors (Lipinski definition) is 4. The standard InChI is InChI=1S/C14H20N2O2S/c1-10(17)9-18-12-8-16-11(5-6-15-16)7-13(12)19-14(2,3)4/h5-8,10,17H,9H2,1-4H3/t10-/m0/s1. The van der Waals surface area contributed by atoms with Gasteiger partial charge in [0.2, 0.25) is 0 Å².